The van der Waals surface area contributed by atoms with Gasteiger partial charge >= 0.3 is 11.9 Å². The molecule has 0 radical (unpaired) electrons. The van der Waals surface area contributed by atoms with E-state index in [-0.39, 0.29) is 5.57 Å². The van der Waals surface area contributed by atoms with Crippen LogP contribution in [0.4, 0.5) is 0 Å². The van der Waals surface area contributed by atoms with E-state index >= 15 is 0 Å². The molecule has 27 heavy (non-hydrogen) atoms. The number of allylic oxidation sites excluding steroid dienone is 2. The fourth-order valence-electron chi connectivity index (χ4n) is 3.10. The standard InChI is InChI=1S/C23H40O4/c1-5-7-8-9-10-11-12-13-14-15-16-17-19-23(18-6-2,22(25)26)27-21(24)20(3)4/h11-12H,3,5-10,13-19H2,1-2,4H3,(H,25,26)/b12-11-. The van der Waals surface area contributed by atoms with Crippen LogP contribution in [0.2, 0.25) is 0 Å². The number of aliphatic carboxylic acids is 1. The maximum atomic E-state index is 11.9. The summed E-state index contributed by atoms with van der Waals surface area (Å²) < 4.78 is 5.35. The molecule has 0 aromatic rings. The van der Waals surface area contributed by atoms with Gasteiger partial charge in [0.2, 0.25) is 5.60 Å². The first kappa shape index (κ1) is 25.4. The quantitative estimate of drug-likeness (QED) is 0.134. The third kappa shape index (κ3) is 11.7. The van der Waals surface area contributed by atoms with Gasteiger partial charge in [0, 0.05) is 5.57 Å². The van der Waals surface area contributed by atoms with Crippen LogP contribution >= 0.6 is 0 Å². The first-order valence-corrected chi connectivity index (χ1v) is 10.7. The van der Waals surface area contributed by atoms with E-state index < -0.39 is 17.5 Å². The first-order valence-electron chi connectivity index (χ1n) is 10.7. The smallest absolute Gasteiger partial charge is 0.348 e. The van der Waals surface area contributed by atoms with Crippen molar-refractivity contribution in [2.45, 2.75) is 110 Å². The molecule has 0 saturated heterocycles. The third-order valence-corrected chi connectivity index (χ3v) is 4.77. The van der Waals surface area contributed by atoms with Crippen LogP contribution in [0.25, 0.3) is 0 Å². The molecule has 4 nitrogen and oxygen atoms in total. The molecular weight excluding hydrogens is 340 g/mol. The van der Waals surface area contributed by atoms with Crippen LogP contribution in [0, 0.1) is 0 Å². The van der Waals surface area contributed by atoms with Crippen molar-refractivity contribution < 1.29 is 19.4 Å². The van der Waals surface area contributed by atoms with Gasteiger partial charge in [0.25, 0.3) is 0 Å². The number of carbonyl (C=O) groups is 2. The number of rotatable bonds is 17. The lowest BCUT2D eigenvalue weighted by Crippen LogP contribution is -2.43. The SMILES string of the molecule is C=C(C)C(=O)OC(CCC)(CCCCCC/C=C\CCCCCC)C(=O)O. The van der Waals surface area contributed by atoms with E-state index in [1.165, 1.54) is 39.0 Å². The number of unbranched alkanes of at least 4 members (excludes halogenated alkanes) is 8. The number of esters is 1. The average molecular weight is 381 g/mol. The number of hydrogen-bond acceptors (Lipinski definition) is 3. The van der Waals surface area contributed by atoms with Crippen LogP contribution < -0.4 is 0 Å². The lowest BCUT2D eigenvalue weighted by Gasteiger charge is -2.29. The second-order valence-electron chi connectivity index (χ2n) is 7.49. The number of ether oxygens (including phenoxy) is 1. The van der Waals surface area contributed by atoms with Crippen molar-refractivity contribution in [1.82, 2.24) is 0 Å². The fraction of sp³-hybridized carbons (Fsp3) is 0.739. The van der Waals surface area contributed by atoms with Crippen molar-refractivity contribution in [1.29, 1.82) is 0 Å². The third-order valence-electron chi connectivity index (χ3n) is 4.77. The van der Waals surface area contributed by atoms with E-state index in [1.54, 1.807) is 0 Å². The van der Waals surface area contributed by atoms with Gasteiger partial charge in [-0.15, -0.1) is 0 Å². The Kier molecular flexibility index (Phi) is 14.6. The topological polar surface area (TPSA) is 63.6 Å². The Morgan fingerprint density at radius 3 is 1.93 bits per heavy atom. The maximum Gasteiger partial charge on any atom is 0.348 e. The summed E-state index contributed by atoms with van der Waals surface area (Å²) in [5.41, 5.74) is -1.18. The van der Waals surface area contributed by atoms with Crippen LogP contribution in [0.5, 0.6) is 0 Å². The van der Waals surface area contributed by atoms with Crippen LogP contribution in [0.15, 0.2) is 24.3 Å². The fourth-order valence-corrected chi connectivity index (χ4v) is 3.10. The Hall–Kier alpha value is -1.58. The molecule has 1 N–H and O–H groups in total. The van der Waals surface area contributed by atoms with Crippen LogP contribution in [-0.4, -0.2) is 22.6 Å². The Morgan fingerprint density at radius 2 is 1.44 bits per heavy atom. The van der Waals surface area contributed by atoms with Gasteiger partial charge in [0.15, 0.2) is 0 Å². The minimum Gasteiger partial charge on any atom is -0.478 e. The van der Waals surface area contributed by atoms with E-state index in [1.807, 2.05) is 6.92 Å². The zero-order valence-corrected chi connectivity index (χ0v) is 17.7. The lowest BCUT2D eigenvalue weighted by molar-refractivity contribution is -0.178. The monoisotopic (exact) mass is 380 g/mol. The molecule has 0 aromatic carbocycles. The maximum absolute atomic E-state index is 11.9. The summed E-state index contributed by atoms with van der Waals surface area (Å²) in [7, 11) is 0. The molecule has 0 bridgehead atoms. The van der Waals surface area contributed by atoms with Crippen LogP contribution in [-0.2, 0) is 14.3 Å². The van der Waals surface area contributed by atoms with E-state index in [0.29, 0.717) is 19.3 Å². The second-order valence-corrected chi connectivity index (χ2v) is 7.49. The summed E-state index contributed by atoms with van der Waals surface area (Å²) >= 11 is 0. The Labute approximate surface area is 166 Å². The molecule has 0 aliphatic rings. The predicted octanol–water partition coefficient (Wildman–Crippen LogP) is 6.60. The molecule has 1 atom stereocenters. The van der Waals surface area contributed by atoms with Crippen molar-refractivity contribution >= 4 is 11.9 Å². The van der Waals surface area contributed by atoms with E-state index in [4.69, 9.17) is 4.74 Å². The molecule has 0 fully saturated rings. The minimum absolute atomic E-state index is 0.234. The summed E-state index contributed by atoms with van der Waals surface area (Å²) in [4.78, 5) is 23.6. The number of carbonyl (C=O) groups excluding carboxylic acids is 1. The highest BCUT2D eigenvalue weighted by Gasteiger charge is 2.41. The number of hydrogen-bond donors (Lipinski definition) is 1. The van der Waals surface area contributed by atoms with Crippen molar-refractivity contribution in [2.75, 3.05) is 0 Å². The molecule has 0 amide bonds. The van der Waals surface area contributed by atoms with E-state index in [0.717, 1.165) is 32.1 Å². The lowest BCUT2D eigenvalue weighted by atomic mass is 9.90. The zero-order chi connectivity index (χ0) is 20.5. The van der Waals surface area contributed by atoms with Crippen LogP contribution in [0.3, 0.4) is 0 Å². The van der Waals surface area contributed by atoms with Gasteiger partial charge in [-0.3, -0.25) is 0 Å². The molecule has 0 spiro atoms. The number of carboxylic acid groups (broad SMARTS) is 1. The van der Waals surface area contributed by atoms with Gasteiger partial charge < -0.3 is 9.84 Å². The van der Waals surface area contributed by atoms with Crippen molar-refractivity contribution in [3.05, 3.63) is 24.3 Å². The number of carboxylic acids is 1. The van der Waals surface area contributed by atoms with Gasteiger partial charge in [-0.2, -0.15) is 0 Å². The predicted molar refractivity (Wildman–Crippen MR) is 112 cm³/mol. The molecule has 156 valence electrons. The summed E-state index contributed by atoms with van der Waals surface area (Å²) in [6.45, 7) is 9.22. The average Bonchev–Trinajstić information content (AvgIpc) is 2.62. The molecule has 0 aliphatic carbocycles. The summed E-state index contributed by atoms with van der Waals surface area (Å²) in [6, 6.07) is 0. The van der Waals surface area contributed by atoms with Gasteiger partial charge in [-0.1, -0.05) is 71.1 Å². The Morgan fingerprint density at radius 1 is 0.889 bits per heavy atom. The van der Waals surface area contributed by atoms with E-state index in [2.05, 4.69) is 25.7 Å². The van der Waals surface area contributed by atoms with E-state index in [9.17, 15) is 14.7 Å². The summed E-state index contributed by atoms with van der Waals surface area (Å²) in [5.74, 6) is -1.67. The zero-order valence-electron chi connectivity index (χ0n) is 17.7. The molecule has 0 saturated carbocycles. The second kappa shape index (κ2) is 15.5. The molecule has 0 heterocycles. The normalized spacial score (nSPS) is 13.4. The molecule has 0 rings (SSSR count). The van der Waals surface area contributed by atoms with Gasteiger partial charge in [-0.05, 0) is 51.9 Å². The highest BCUT2D eigenvalue weighted by molar-refractivity contribution is 5.90. The molecule has 1 unspecified atom stereocenters. The van der Waals surface area contributed by atoms with Crippen LogP contribution in [0.1, 0.15) is 104 Å². The van der Waals surface area contributed by atoms with Gasteiger partial charge in [0.05, 0.1) is 0 Å². The highest BCUT2D eigenvalue weighted by atomic mass is 16.6. The highest BCUT2D eigenvalue weighted by Crippen LogP contribution is 2.27. The Balaban J connectivity index is 4.16. The largest absolute Gasteiger partial charge is 0.478 e. The van der Waals surface area contributed by atoms with Crippen molar-refractivity contribution in [3.8, 4) is 0 Å². The summed E-state index contributed by atoms with van der Waals surface area (Å²) in [6.07, 6.45) is 17.2. The first-order chi connectivity index (χ1) is 12.9. The minimum atomic E-state index is -1.41. The molecule has 0 aromatic heterocycles. The molecular formula is C23H40O4. The molecule has 0 aliphatic heterocycles. The van der Waals surface area contributed by atoms with Crippen molar-refractivity contribution in [2.24, 2.45) is 0 Å². The van der Waals surface area contributed by atoms with Crippen molar-refractivity contribution in [3.63, 3.8) is 0 Å². The summed E-state index contributed by atoms with van der Waals surface area (Å²) in [5, 5.41) is 9.65. The van der Waals surface area contributed by atoms with Gasteiger partial charge in [-0.25, -0.2) is 9.59 Å². The Bertz CT molecular complexity index is 467. The molecule has 4 heteroatoms. The van der Waals surface area contributed by atoms with Gasteiger partial charge in [0.1, 0.15) is 0 Å².